The minimum Gasteiger partial charge on any atom is -0.172 e. The van der Waals surface area contributed by atoms with Crippen molar-refractivity contribution >= 4 is 45.4 Å². The molecule has 0 atom stereocenters. The van der Waals surface area contributed by atoms with Crippen LogP contribution in [0.25, 0.3) is 31.9 Å². The molecule has 3 aromatic heterocycles. The van der Waals surface area contributed by atoms with Gasteiger partial charge in [0.2, 0.25) is 0 Å². The summed E-state index contributed by atoms with van der Waals surface area (Å²) in [5.41, 5.74) is 8.15. The average Bonchev–Trinajstić information content (AvgIpc) is 3.65. The van der Waals surface area contributed by atoms with Gasteiger partial charge in [0.25, 0.3) is 0 Å². The maximum atomic E-state index is 4.80. The van der Waals surface area contributed by atoms with E-state index in [0.717, 1.165) is 11.0 Å². The van der Waals surface area contributed by atoms with E-state index in [1.165, 1.54) is 150 Å². The first-order valence-corrected chi connectivity index (χ1v) is 18.6. The SMILES string of the molecule is CCCCCCCCc1cc(-c2ccc(-c3cc(CCCCCCCCC(C)(C)C)c(C)s3)c3nsnc23)sc1C. The molecule has 0 bridgehead atoms. The van der Waals surface area contributed by atoms with Crippen molar-refractivity contribution in [2.45, 2.75) is 138 Å². The Bertz CT molecular complexity index is 1350. The smallest absolute Gasteiger partial charge is 0.114 e. The second-order valence-electron chi connectivity index (χ2n) is 13.2. The second-order valence-corrected chi connectivity index (χ2v) is 16.2. The summed E-state index contributed by atoms with van der Waals surface area (Å²) < 4.78 is 9.60. The number of fused-ring (bicyclic) bond motifs is 1. The van der Waals surface area contributed by atoms with Gasteiger partial charge in [-0.1, -0.05) is 104 Å². The van der Waals surface area contributed by atoms with Crippen molar-refractivity contribution in [3.05, 3.63) is 45.1 Å². The van der Waals surface area contributed by atoms with Crippen molar-refractivity contribution in [1.29, 1.82) is 0 Å². The molecular weight excluding hydrogens is 557 g/mol. The molecule has 0 radical (unpaired) electrons. The van der Waals surface area contributed by atoms with Gasteiger partial charge in [-0.05, 0) is 74.6 Å². The lowest BCUT2D eigenvalue weighted by Gasteiger charge is -2.17. The Kier molecular flexibility index (Phi) is 12.5. The van der Waals surface area contributed by atoms with Crippen LogP contribution in [0, 0.1) is 19.3 Å². The number of aromatic nitrogens is 2. The number of hydrogen-bond acceptors (Lipinski definition) is 5. The fourth-order valence-electron chi connectivity index (χ4n) is 5.84. The molecule has 0 aliphatic carbocycles. The van der Waals surface area contributed by atoms with Gasteiger partial charge in [0.05, 0.1) is 11.7 Å². The van der Waals surface area contributed by atoms with Gasteiger partial charge in [0.15, 0.2) is 0 Å². The molecule has 3 heterocycles. The Morgan fingerprint density at radius 2 is 1.05 bits per heavy atom. The number of hydrogen-bond donors (Lipinski definition) is 0. The number of rotatable bonds is 17. The standard InChI is InChI=1S/C36H52N2S3/c1-7-8-9-10-13-16-19-28-24-32(39-26(28)2)30-21-22-31(35-34(30)37-41-38-35)33-25-29(27(3)40-33)20-17-14-11-12-15-18-23-36(4,5)6/h21-22,24-25H,7-20,23H2,1-6H3. The van der Waals surface area contributed by atoms with E-state index in [9.17, 15) is 0 Å². The highest BCUT2D eigenvalue weighted by Gasteiger charge is 2.18. The second kappa shape index (κ2) is 15.8. The van der Waals surface area contributed by atoms with E-state index in [1.807, 2.05) is 22.7 Å². The fourth-order valence-corrected chi connectivity index (χ4v) is 8.61. The number of thiophene rings is 2. The van der Waals surface area contributed by atoms with Crippen LogP contribution in [-0.2, 0) is 12.8 Å². The molecule has 0 N–H and O–H groups in total. The molecule has 4 rings (SSSR count). The molecule has 5 heteroatoms. The highest BCUT2D eigenvalue weighted by Crippen LogP contribution is 2.41. The topological polar surface area (TPSA) is 25.8 Å². The third kappa shape index (κ3) is 9.46. The van der Waals surface area contributed by atoms with Gasteiger partial charge in [0, 0.05) is 30.6 Å². The van der Waals surface area contributed by atoms with Crippen molar-refractivity contribution < 1.29 is 0 Å². The van der Waals surface area contributed by atoms with Crippen molar-refractivity contribution in [3.8, 4) is 20.9 Å². The first kappa shape index (κ1) is 32.4. The average molecular weight is 609 g/mol. The van der Waals surface area contributed by atoms with Gasteiger partial charge in [-0.25, -0.2) is 0 Å². The lowest BCUT2D eigenvalue weighted by molar-refractivity contribution is 0.356. The minimum absolute atomic E-state index is 0.480. The third-order valence-corrected chi connectivity index (χ3v) is 11.2. The summed E-state index contributed by atoms with van der Waals surface area (Å²) in [6.07, 6.45) is 20.0. The largest absolute Gasteiger partial charge is 0.172 e. The molecule has 0 unspecified atom stereocenters. The van der Waals surface area contributed by atoms with Gasteiger partial charge < -0.3 is 0 Å². The summed E-state index contributed by atoms with van der Waals surface area (Å²) >= 11 is 5.20. The van der Waals surface area contributed by atoms with Crippen LogP contribution in [0.2, 0.25) is 0 Å². The summed E-state index contributed by atoms with van der Waals surface area (Å²) in [6.45, 7) is 13.9. The Balaban J connectivity index is 1.36. The van der Waals surface area contributed by atoms with Crippen LogP contribution in [0.5, 0.6) is 0 Å². The summed E-state index contributed by atoms with van der Waals surface area (Å²) in [5.74, 6) is 0. The van der Waals surface area contributed by atoms with Crippen LogP contribution in [0.4, 0.5) is 0 Å². The molecule has 0 aliphatic heterocycles. The van der Waals surface area contributed by atoms with E-state index >= 15 is 0 Å². The fraction of sp³-hybridized carbons (Fsp3) is 0.611. The van der Waals surface area contributed by atoms with E-state index in [2.05, 4.69) is 65.8 Å². The predicted octanol–water partition coefficient (Wildman–Crippen LogP) is 13.0. The predicted molar refractivity (Wildman–Crippen MR) is 186 cm³/mol. The molecule has 4 aromatic rings. The number of aryl methyl sites for hydroxylation is 4. The highest BCUT2D eigenvalue weighted by molar-refractivity contribution is 7.16. The number of benzene rings is 1. The van der Waals surface area contributed by atoms with Crippen LogP contribution < -0.4 is 0 Å². The Hall–Kier alpha value is -1.56. The minimum atomic E-state index is 0.480. The van der Waals surface area contributed by atoms with E-state index in [4.69, 9.17) is 8.75 Å². The highest BCUT2D eigenvalue weighted by atomic mass is 32.1. The van der Waals surface area contributed by atoms with Gasteiger partial charge in [0.1, 0.15) is 11.0 Å². The Morgan fingerprint density at radius 3 is 1.51 bits per heavy atom. The number of nitrogens with zero attached hydrogens (tertiary/aromatic N) is 2. The molecule has 0 saturated heterocycles. The molecule has 0 spiro atoms. The van der Waals surface area contributed by atoms with Crippen molar-refractivity contribution in [1.82, 2.24) is 8.75 Å². The molecule has 1 aromatic carbocycles. The first-order valence-electron chi connectivity index (χ1n) is 16.2. The zero-order valence-electron chi connectivity index (χ0n) is 26.5. The monoisotopic (exact) mass is 608 g/mol. The molecule has 2 nitrogen and oxygen atoms in total. The lowest BCUT2D eigenvalue weighted by atomic mass is 9.89. The van der Waals surface area contributed by atoms with E-state index < -0.39 is 0 Å². The summed E-state index contributed by atoms with van der Waals surface area (Å²) in [5, 5.41) is 0. The van der Waals surface area contributed by atoms with Crippen LogP contribution in [0.15, 0.2) is 24.3 Å². The zero-order chi connectivity index (χ0) is 29.2. The van der Waals surface area contributed by atoms with Crippen molar-refractivity contribution in [3.63, 3.8) is 0 Å². The maximum absolute atomic E-state index is 4.80. The van der Waals surface area contributed by atoms with Crippen LogP contribution in [0.1, 0.15) is 132 Å². The quantitative estimate of drug-likeness (QED) is 0.111. The third-order valence-electron chi connectivity index (χ3n) is 8.41. The number of unbranched alkanes of at least 4 members (excludes halogenated alkanes) is 10. The van der Waals surface area contributed by atoms with Crippen molar-refractivity contribution in [2.75, 3.05) is 0 Å². The van der Waals surface area contributed by atoms with E-state index in [-0.39, 0.29) is 0 Å². The van der Waals surface area contributed by atoms with Gasteiger partial charge >= 0.3 is 0 Å². The molecule has 0 fully saturated rings. The lowest BCUT2D eigenvalue weighted by Crippen LogP contribution is -2.03. The summed E-state index contributed by atoms with van der Waals surface area (Å²) in [6, 6.07) is 9.46. The van der Waals surface area contributed by atoms with E-state index in [1.54, 1.807) is 0 Å². The maximum Gasteiger partial charge on any atom is 0.114 e. The molecule has 0 amide bonds. The Morgan fingerprint density at radius 1 is 0.610 bits per heavy atom. The van der Waals surface area contributed by atoms with E-state index in [0.29, 0.717) is 5.41 Å². The Labute approximate surface area is 262 Å². The van der Waals surface area contributed by atoms with Gasteiger partial charge in [-0.3, -0.25) is 0 Å². The van der Waals surface area contributed by atoms with Crippen LogP contribution >= 0.6 is 34.4 Å². The molecule has 0 saturated carbocycles. The zero-order valence-corrected chi connectivity index (χ0v) is 29.0. The molecule has 0 aliphatic rings. The summed E-state index contributed by atoms with van der Waals surface area (Å²) in [4.78, 5) is 5.60. The van der Waals surface area contributed by atoms with Gasteiger partial charge in [-0.15, -0.1) is 22.7 Å². The molecule has 41 heavy (non-hydrogen) atoms. The first-order chi connectivity index (χ1) is 19.8. The summed E-state index contributed by atoms with van der Waals surface area (Å²) in [7, 11) is 0. The molecule has 224 valence electrons. The van der Waals surface area contributed by atoms with Crippen LogP contribution in [0.3, 0.4) is 0 Å². The normalized spacial score (nSPS) is 12.1. The van der Waals surface area contributed by atoms with Crippen LogP contribution in [-0.4, -0.2) is 8.75 Å². The van der Waals surface area contributed by atoms with Gasteiger partial charge in [-0.2, -0.15) is 8.75 Å². The van der Waals surface area contributed by atoms with Crippen molar-refractivity contribution in [2.24, 2.45) is 5.41 Å². The molecular formula is C36H52N2S3.